The fraction of sp³-hybridized carbons (Fsp3) is 0.333. The van der Waals surface area contributed by atoms with Gasteiger partial charge in [-0.05, 0) is 37.1 Å². The summed E-state index contributed by atoms with van der Waals surface area (Å²) < 4.78 is 13.7. The third kappa shape index (κ3) is 4.10. The first-order valence-electron chi connectivity index (χ1n) is 8.83. The molecule has 4 nitrogen and oxygen atoms in total. The first kappa shape index (κ1) is 18.1. The zero-order chi connectivity index (χ0) is 18.7. The Labute approximate surface area is 153 Å². The highest BCUT2D eigenvalue weighted by Crippen LogP contribution is 2.14. The number of piperazine rings is 1. The summed E-state index contributed by atoms with van der Waals surface area (Å²) in [6, 6.07) is 12.5. The highest BCUT2D eigenvalue weighted by Gasteiger charge is 2.25. The number of hydrogen-bond donors (Lipinski definition) is 0. The van der Waals surface area contributed by atoms with Crippen LogP contribution in [-0.4, -0.2) is 47.8 Å². The maximum atomic E-state index is 13.7. The van der Waals surface area contributed by atoms with Gasteiger partial charge in [0.15, 0.2) is 0 Å². The lowest BCUT2D eigenvalue weighted by atomic mass is 10.1. The average Bonchev–Trinajstić information content (AvgIpc) is 2.65. The van der Waals surface area contributed by atoms with Gasteiger partial charge in [0.05, 0.1) is 6.42 Å². The Morgan fingerprint density at radius 3 is 2.15 bits per heavy atom. The molecule has 1 saturated heterocycles. The molecule has 0 spiro atoms. The molecule has 0 radical (unpaired) electrons. The van der Waals surface area contributed by atoms with Crippen molar-refractivity contribution in [3.05, 3.63) is 70.5 Å². The second kappa shape index (κ2) is 7.68. The third-order valence-corrected chi connectivity index (χ3v) is 4.81. The van der Waals surface area contributed by atoms with Crippen LogP contribution in [0.2, 0.25) is 0 Å². The Morgan fingerprint density at radius 1 is 0.923 bits per heavy atom. The van der Waals surface area contributed by atoms with Crippen LogP contribution in [0.25, 0.3) is 0 Å². The highest BCUT2D eigenvalue weighted by molar-refractivity contribution is 5.94. The molecule has 0 saturated carbocycles. The van der Waals surface area contributed by atoms with Crippen LogP contribution < -0.4 is 0 Å². The molecule has 2 amide bonds. The Morgan fingerprint density at radius 2 is 1.54 bits per heavy atom. The smallest absolute Gasteiger partial charge is 0.254 e. The van der Waals surface area contributed by atoms with Crippen molar-refractivity contribution in [3.63, 3.8) is 0 Å². The first-order valence-corrected chi connectivity index (χ1v) is 8.83. The van der Waals surface area contributed by atoms with Gasteiger partial charge in [0.2, 0.25) is 5.91 Å². The number of rotatable bonds is 3. The summed E-state index contributed by atoms with van der Waals surface area (Å²) in [5, 5.41) is 0. The Bertz CT molecular complexity index is 809. The summed E-state index contributed by atoms with van der Waals surface area (Å²) in [7, 11) is 0. The maximum absolute atomic E-state index is 13.7. The van der Waals surface area contributed by atoms with Gasteiger partial charge in [-0.15, -0.1) is 0 Å². The monoisotopic (exact) mass is 354 g/mol. The van der Waals surface area contributed by atoms with Crippen LogP contribution in [0, 0.1) is 19.7 Å². The lowest BCUT2D eigenvalue weighted by Gasteiger charge is -2.35. The predicted octanol–water partition coefficient (Wildman–Crippen LogP) is 2.97. The molecule has 0 aromatic heterocycles. The van der Waals surface area contributed by atoms with E-state index < -0.39 is 0 Å². The minimum Gasteiger partial charge on any atom is -0.339 e. The van der Waals surface area contributed by atoms with Gasteiger partial charge >= 0.3 is 0 Å². The molecule has 0 unspecified atom stereocenters. The van der Waals surface area contributed by atoms with Gasteiger partial charge < -0.3 is 9.80 Å². The standard InChI is InChI=1S/C21H23FN2O2/c1-15-3-6-17(7-4-15)13-20(25)23-9-11-24(12-10-23)21(26)18-8-5-16(2)19(22)14-18/h3-8,14H,9-13H2,1-2H3. The van der Waals surface area contributed by atoms with Crippen LogP contribution >= 0.6 is 0 Å². The molecule has 26 heavy (non-hydrogen) atoms. The van der Waals surface area contributed by atoms with E-state index in [0.717, 1.165) is 5.56 Å². The summed E-state index contributed by atoms with van der Waals surface area (Å²) in [4.78, 5) is 28.4. The van der Waals surface area contributed by atoms with Crippen molar-refractivity contribution in [1.29, 1.82) is 0 Å². The molecule has 1 fully saturated rings. The predicted molar refractivity (Wildman–Crippen MR) is 98.5 cm³/mol. The van der Waals surface area contributed by atoms with Crippen molar-refractivity contribution >= 4 is 11.8 Å². The molecule has 0 bridgehead atoms. The van der Waals surface area contributed by atoms with Gasteiger partial charge in [-0.2, -0.15) is 0 Å². The van der Waals surface area contributed by atoms with Crippen LogP contribution in [0.15, 0.2) is 42.5 Å². The van der Waals surface area contributed by atoms with Crippen LogP contribution in [0.3, 0.4) is 0 Å². The van der Waals surface area contributed by atoms with E-state index in [0.29, 0.717) is 43.7 Å². The van der Waals surface area contributed by atoms with Crippen molar-refractivity contribution in [2.45, 2.75) is 20.3 Å². The summed E-state index contributed by atoms with van der Waals surface area (Å²) >= 11 is 0. The zero-order valence-electron chi connectivity index (χ0n) is 15.2. The molecule has 0 atom stereocenters. The van der Waals surface area contributed by atoms with Crippen molar-refractivity contribution in [2.75, 3.05) is 26.2 Å². The van der Waals surface area contributed by atoms with E-state index in [1.807, 2.05) is 31.2 Å². The number of amides is 2. The van der Waals surface area contributed by atoms with Gasteiger partial charge in [-0.3, -0.25) is 9.59 Å². The number of hydrogen-bond acceptors (Lipinski definition) is 2. The van der Waals surface area contributed by atoms with Gasteiger partial charge in [0, 0.05) is 31.7 Å². The topological polar surface area (TPSA) is 40.6 Å². The minimum atomic E-state index is -0.372. The third-order valence-electron chi connectivity index (χ3n) is 4.81. The number of benzene rings is 2. The molecule has 0 N–H and O–H groups in total. The van der Waals surface area contributed by atoms with Crippen LogP contribution in [-0.2, 0) is 11.2 Å². The molecule has 1 aliphatic rings. The molecule has 2 aromatic carbocycles. The Balaban J connectivity index is 1.56. The Kier molecular flexibility index (Phi) is 5.35. The number of carbonyl (C=O) groups is 2. The molecule has 5 heteroatoms. The molecule has 1 aliphatic heterocycles. The number of nitrogens with zero attached hydrogens (tertiary/aromatic N) is 2. The quantitative estimate of drug-likeness (QED) is 0.850. The summed E-state index contributed by atoms with van der Waals surface area (Å²) in [6.07, 6.45) is 0.372. The van der Waals surface area contributed by atoms with Gasteiger partial charge in [0.25, 0.3) is 5.91 Å². The van der Waals surface area contributed by atoms with Crippen molar-refractivity contribution in [3.8, 4) is 0 Å². The number of aryl methyl sites for hydroxylation is 2. The van der Waals surface area contributed by atoms with Gasteiger partial charge in [-0.25, -0.2) is 4.39 Å². The molecule has 2 aromatic rings. The van der Waals surface area contributed by atoms with E-state index in [1.165, 1.54) is 11.6 Å². The highest BCUT2D eigenvalue weighted by atomic mass is 19.1. The summed E-state index contributed by atoms with van der Waals surface area (Å²) in [6.45, 7) is 5.63. The van der Waals surface area contributed by atoms with E-state index in [1.54, 1.807) is 28.9 Å². The van der Waals surface area contributed by atoms with Crippen LogP contribution in [0.4, 0.5) is 4.39 Å². The molecular formula is C21H23FN2O2. The van der Waals surface area contributed by atoms with Gasteiger partial charge in [-0.1, -0.05) is 35.9 Å². The van der Waals surface area contributed by atoms with E-state index in [9.17, 15) is 14.0 Å². The first-order chi connectivity index (χ1) is 12.4. The Hall–Kier alpha value is -2.69. The van der Waals surface area contributed by atoms with Gasteiger partial charge in [0.1, 0.15) is 5.82 Å². The van der Waals surface area contributed by atoms with E-state index in [2.05, 4.69) is 0 Å². The zero-order valence-corrected chi connectivity index (χ0v) is 15.2. The fourth-order valence-electron chi connectivity index (χ4n) is 3.06. The van der Waals surface area contributed by atoms with Crippen LogP contribution in [0.1, 0.15) is 27.0 Å². The van der Waals surface area contributed by atoms with Crippen molar-refractivity contribution < 1.29 is 14.0 Å². The maximum Gasteiger partial charge on any atom is 0.254 e. The second-order valence-electron chi connectivity index (χ2n) is 6.80. The van der Waals surface area contributed by atoms with E-state index in [-0.39, 0.29) is 17.6 Å². The second-order valence-corrected chi connectivity index (χ2v) is 6.80. The largest absolute Gasteiger partial charge is 0.339 e. The summed E-state index contributed by atoms with van der Waals surface area (Å²) in [5.41, 5.74) is 3.04. The van der Waals surface area contributed by atoms with E-state index in [4.69, 9.17) is 0 Å². The average molecular weight is 354 g/mol. The number of carbonyl (C=O) groups excluding carboxylic acids is 2. The molecular weight excluding hydrogens is 331 g/mol. The lowest BCUT2D eigenvalue weighted by Crippen LogP contribution is -2.51. The summed E-state index contributed by atoms with van der Waals surface area (Å²) in [5.74, 6) is -0.486. The van der Waals surface area contributed by atoms with Crippen molar-refractivity contribution in [2.24, 2.45) is 0 Å². The molecule has 1 heterocycles. The molecule has 3 rings (SSSR count). The normalized spacial score (nSPS) is 14.4. The van der Waals surface area contributed by atoms with Crippen molar-refractivity contribution in [1.82, 2.24) is 9.80 Å². The van der Waals surface area contributed by atoms with Crippen LogP contribution in [0.5, 0.6) is 0 Å². The number of halogens is 1. The SMILES string of the molecule is Cc1ccc(CC(=O)N2CCN(C(=O)c3ccc(C)c(F)c3)CC2)cc1. The molecule has 136 valence electrons. The molecule has 0 aliphatic carbocycles. The lowest BCUT2D eigenvalue weighted by molar-refractivity contribution is -0.131. The minimum absolute atomic E-state index is 0.0716. The fourth-order valence-corrected chi connectivity index (χ4v) is 3.06. The van der Waals surface area contributed by atoms with E-state index >= 15 is 0 Å².